The molecule has 2 aromatic carbocycles. The fraction of sp³-hybridized carbons (Fsp3) is 0.0455. The normalized spacial score (nSPS) is 10.5. The van der Waals surface area contributed by atoms with Gasteiger partial charge in [-0.2, -0.15) is 10.4 Å². The van der Waals surface area contributed by atoms with Gasteiger partial charge in [0.05, 0.1) is 40.5 Å². The molecule has 2 aromatic heterocycles. The second-order valence-electron chi connectivity index (χ2n) is 6.73. The van der Waals surface area contributed by atoms with Crippen molar-refractivity contribution in [3.05, 3.63) is 72.1 Å². The van der Waals surface area contributed by atoms with Crippen LogP contribution in [0.1, 0.15) is 11.1 Å². The van der Waals surface area contributed by atoms with Crippen LogP contribution in [-0.4, -0.2) is 20.8 Å². The van der Waals surface area contributed by atoms with Crippen LogP contribution in [0.3, 0.4) is 0 Å². The average Bonchev–Trinajstić information content (AvgIpc) is 3.06. The Morgan fingerprint density at radius 3 is 2.65 bits per heavy atom. The number of carboxylic acid groups (broad SMARTS) is 1. The molecule has 0 saturated carbocycles. The summed E-state index contributed by atoms with van der Waals surface area (Å²) in [5, 5.41) is 28.4. The van der Waals surface area contributed by atoms with E-state index in [2.05, 4.69) is 21.8 Å². The predicted octanol–water partition coefficient (Wildman–Crippen LogP) is 4.72. The van der Waals surface area contributed by atoms with E-state index in [9.17, 15) is 10.1 Å². The number of anilines is 4. The van der Waals surface area contributed by atoms with E-state index in [0.717, 1.165) is 0 Å². The van der Waals surface area contributed by atoms with E-state index in [1.807, 2.05) is 12.1 Å². The molecule has 0 bridgehead atoms. The van der Waals surface area contributed by atoms with Crippen molar-refractivity contribution in [1.29, 1.82) is 5.26 Å². The van der Waals surface area contributed by atoms with Crippen molar-refractivity contribution in [2.24, 2.45) is 0 Å². The van der Waals surface area contributed by atoms with Gasteiger partial charge in [0.1, 0.15) is 17.6 Å². The molecule has 31 heavy (non-hydrogen) atoms. The van der Waals surface area contributed by atoms with Gasteiger partial charge in [-0.05, 0) is 43.3 Å². The molecule has 9 nitrogen and oxygen atoms in total. The molecule has 0 aliphatic carbocycles. The highest BCUT2D eigenvalue weighted by Gasteiger charge is 2.17. The number of aromatic nitrogens is 2. The molecule has 0 fully saturated rings. The number of hydrogen-bond acceptors (Lipinski definition) is 6. The lowest BCUT2D eigenvalue weighted by Crippen LogP contribution is -2.07. The molecular formula is C22H18N6O3. The van der Waals surface area contributed by atoms with E-state index in [0.29, 0.717) is 50.9 Å². The first kappa shape index (κ1) is 19.6. The minimum absolute atomic E-state index is 0.327. The number of para-hydroxylation sites is 2. The van der Waals surface area contributed by atoms with E-state index in [4.69, 9.17) is 15.6 Å². The second-order valence-corrected chi connectivity index (χ2v) is 6.73. The first-order valence-corrected chi connectivity index (χ1v) is 9.26. The largest absolute Gasteiger partial charge is 0.465 e. The van der Waals surface area contributed by atoms with Crippen molar-refractivity contribution in [2.75, 3.05) is 16.4 Å². The number of nitrogen functional groups attached to an aromatic ring is 1. The topological polar surface area (TPSA) is 138 Å². The third kappa shape index (κ3) is 3.90. The summed E-state index contributed by atoms with van der Waals surface area (Å²) < 4.78 is 7.33. The first-order valence-electron chi connectivity index (χ1n) is 9.26. The number of rotatable bonds is 5. The van der Waals surface area contributed by atoms with Crippen LogP contribution >= 0.6 is 0 Å². The zero-order valence-corrected chi connectivity index (χ0v) is 16.5. The maximum absolute atomic E-state index is 11.1. The van der Waals surface area contributed by atoms with Gasteiger partial charge in [-0.3, -0.25) is 5.32 Å². The van der Waals surface area contributed by atoms with Crippen LogP contribution in [0.15, 0.2) is 60.9 Å². The highest BCUT2D eigenvalue weighted by Crippen LogP contribution is 2.33. The SMILES string of the molecule is Cc1c(NC(=O)O)cn2ncc(C#N)c(Nc3ccc(Oc4ccccc4N)cc3)c12. The Hall–Kier alpha value is -4.71. The summed E-state index contributed by atoms with van der Waals surface area (Å²) >= 11 is 0. The first-order chi connectivity index (χ1) is 15.0. The molecule has 0 aliphatic rings. The third-order valence-electron chi connectivity index (χ3n) is 4.69. The van der Waals surface area contributed by atoms with Gasteiger partial charge in [0.2, 0.25) is 0 Å². The second kappa shape index (κ2) is 7.96. The Balaban J connectivity index is 1.66. The molecule has 5 N–H and O–H groups in total. The van der Waals surface area contributed by atoms with E-state index < -0.39 is 6.09 Å². The fourth-order valence-electron chi connectivity index (χ4n) is 3.19. The van der Waals surface area contributed by atoms with Crippen molar-refractivity contribution in [3.8, 4) is 17.6 Å². The van der Waals surface area contributed by atoms with Gasteiger partial charge in [-0.25, -0.2) is 9.31 Å². The number of nitrogens with one attached hydrogen (secondary N) is 2. The number of amides is 1. The van der Waals surface area contributed by atoms with Gasteiger partial charge in [-0.15, -0.1) is 0 Å². The van der Waals surface area contributed by atoms with Gasteiger partial charge >= 0.3 is 6.09 Å². The van der Waals surface area contributed by atoms with Gasteiger partial charge in [0, 0.05) is 11.3 Å². The number of ether oxygens (including phenoxy) is 1. The van der Waals surface area contributed by atoms with Gasteiger partial charge in [0.25, 0.3) is 0 Å². The highest BCUT2D eigenvalue weighted by atomic mass is 16.5. The number of fused-ring (bicyclic) bond motifs is 1. The molecule has 9 heteroatoms. The van der Waals surface area contributed by atoms with Crippen LogP contribution in [0.4, 0.5) is 27.5 Å². The lowest BCUT2D eigenvalue weighted by atomic mass is 10.1. The molecule has 4 aromatic rings. The molecule has 0 saturated heterocycles. The molecule has 0 aliphatic heterocycles. The van der Waals surface area contributed by atoms with Gasteiger partial charge in [0.15, 0.2) is 0 Å². The maximum atomic E-state index is 11.1. The molecule has 4 rings (SSSR count). The van der Waals surface area contributed by atoms with Crippen molar-refractivity contribution >= 4 is 34.4 Å². The van der Waals surface area contributed by atoms with Gasteiger partial charge in [-0.1, -0.05) is 12.1 Å². The van der Waals surface area contributed by atoms with E-state index in [-0.39, 0.29) is 0 Å². The Bertz CT molecular complexity index is 1320. The molecule has 1 amide bonds. The van der Waals surface area contributed by atoms with Gasteiger partial charge < -0.3 is 20.9 Å². The number of nitrogens with zero attached hydrogens (tertiary/aromatic N) is 3. The van der Waals surface area contributed by atoms with Crippen LogP contribution < -0.4 is 21.1 Å². The smallest absolute Gasteiger partial charge is 0.409 e. The van der Waals surface area contributed by atoms with E-state index in [1.54, 1.807) is 49.5 Å². The summed E-state index contributed by atoms with van der Waals surface area (Å²) in [6.45, 7) is 1.76. The lowest BCUT2D eigenvalue weighted by Gasteiger charge is -2.12. The lowest BCUT2D eigenvalue weighted by molar-refractivity contribution is 0.209. The summed E-state index contributed by atoms with van der Waals surface area (Å²) in [6, 6.07) is 16.5. The highest BCUT2D eigenvalue weighted by molar-refractivity contribution is 5.92. The number of hydrogen-bond donors (Lipinski definition) is 4. The zero-order valence-electron chi connectivity index (χ0n) is 16.5. The molecule has 2 heterocycles. The number of benzene rings is 2. The molecule has 0 atom stereocenters. The van der Waals surface area contributed by atoms with Crippen LogP contribution in [-0.2, 0) is 0 Å². The Morgan fingerprint density at radius 1 is 1.23 bits per heavy atom. The number of nitriles is 1. The van der Waals surface area contributed by atoms with Crippen LogP contribution in [0.5, 0.6) is 11.5 Å². The third-order valence-corrected chi connectivity index (χ3v) is 4.69. The standard InChI is InChI=1S/C22H18N6O3/c1-13-18(27-22(29)30)12-28-21(13)20(14(10-23)11-25-28)26-15-6-8-16(9-7-15)31-19-5-3-2-4-17(19)24/h2-9,11-12,26-27H,24H2,1H3,(H,29,30). The monoisotopic (exact) mass is 414 g/mol. The molecule has 0 unspecified atom stereocenters. The molecular weight excluding hydrogens is 396 g/mol. The number of carbonyl (C=O) groups is 1. The minimum atomic E-state index is -1.18. The maximum Gasteiger partial charge on any atom is 0.409 e. The summed E-state index contributed by atoms with van der Waals surface area (Å²) in [7, 11) is 0. The van der Waals surface area contributed by atoms with Crippen molar-refractivity contribution in [1.82, 2.24) is 9.61 Å². The Kier molecular flexibility index (Phi) is 5.03. The molecule has 154 valence electrons. The fourth-order valence-corrected chi connectivity index (χ4v) is 3.19. The summed E-state index contributed by atoms with van der Waals surface area (Å²) in [5.41, 5.74) is 9.65. The van der Waals surface area contributed by atoms with Crippen LogP contribution in [0.2, 0.25) is 0 Å². The predicted molar refractivity (Wildman–Crippen MR) is 117 cm³/mol. The Morgan fingerprint density at radius 2 is 1.97 bits per heavy atom. The van der Waals surface area contributed by atoms with Crippen molar-refractivity contribution < 1.29 is 14.6 Å². The Labute approximate surface area is 177 Å². The summed E-state index contributed by atoms with van der Waals surface area (Å²) in [4.78, 5) is 11.1. The van der Waals surface area contributed by atoms with E-state index in [1.165, 1.54) is 10.7 Å². The van der Waals surface area contributed by atoms with Crippen molar-refractivity contribution in [2.45, 2.75) is 6.92 Å². The minimum Gasteiger partial charge on any atom is -0.465 e. The van der Waals surface area contributed by atoms with Crippen LogP contribution in [0.25, 0.3) is 5.52 Å². The van der Waals surface area contributed by atoms with Crippen LogP contribution in [0, 0.1) is 18.3 Å². The summed E-state index contributed by atoms with van der Waals surface area (Å²) in [5.74, 6) is 1.17. The van der Waals surface area contributed by atoms with E-state index >= 15 is 0 Å². The molecule has 0 spiro atoms. The number of aryl methyl sites for hydroxylation is 1. The number of nitrogens with two attached hydrogens (primary N) is 1. The average molecular weight is 414 g/mol. The molecule has 0 radical (unpaired) electrons. The zero-order chi connectivity index (χ0) is 22.0. The quantitative estimate of drug-likeness (QED) is 0.347. The summed E-state index contributed by atoms with van der Waals surface area (Å²) in [6.07, 6.45) is 1.81. The van der Waals surface area contributed by atoms with Crippen molar-refractivity contribution in [3.63, 3.8) is 0 Å².